The predicted octanol–water partition coefficient (Wildman–Crippen LogP) is 3.49. The Hall–Kier alpha value is -2.61. The summed E-state index contributed by atoms with van der Waals surface area (Å²) in [4.78, 5) is 35.3. The zero-order chi connectivity index (χ0) is 19.7. The van der Waals surface area contributed by atoms with E-state index in [-0.39, 0.29) is 11.0 Å². The van der Waals surface area contributed by atoms with Crippen molar-refractivity contribution in [3.8, 4) is 5.69 Å². The van der Waals surface area contributed by atoms with Crippen LogP contribution in [-0.4, -0.2) is 14.5 Å². The number of thioether (sulfide) groups is 1. The third-order valence-electron chi connectivity index (χ3n) is 4.02. The molecule has 0 aliphatic rings. The van der Waals surface area contributed by atoms with Crippen molar-refractivity contribution < 1.29 is 4.98 Å². The number of aromatic nitrogens is 4. The van der Waals surface area contributed by atoms with Gasteiger partial charge in [-0.05, 0) is 58.7 Å². The number of aromatic amines is 2. The minimum Gasteiger partial charge on any atom is -0.270 e. The van der Waals surface area contributed by atoms with Gasteiger partial charge in [0.05, 0.1) is 5.69 Å². The quantitative estimate of drug-likeness (QED) is 0.396. The van der Waals surface area contributed by atoms with Gasteiger partial charge in [0.1, 0.15) is 11.6 Å². The van der Waals surface area contributed by atoms with Gasteiger partial charge in [-0.15, -0.1) is 0 Å². The summed E-state index contributed by atoms with van der Waals surface area (Å²) in [5.74, 6) is 0.641. The summed E-state index contributed by atoms with van der Waals surface area (Å²) in [5.41, 5.74) is 0.671. The summed E-state index contributed by atoms with van der Waals surface area (Å²) < 4.78 is 1.05. The maximum Gasteiger partial charge on any atom is 0.359 e. The molecule has 0 spiro atoms. The average molecular weight is 432 g/mol. The van der Waals surface area contributed by atoms with E-state index < -0.39 is 11.2 Å². The predicted molar refractivity (Wildman–Crippen MR) is 111 cm³/mol. The summed E-state index contributed by atoms with van der Waals surface area (Å²) in [6.07, 6.45) is 1.55. The van der Waals surface area contributed by atoms with E-state index in [2.05, 4.69) is 15.0 Å². The van der Waals surface area contributed by atoms with Gasteiger partial charge in [-0.25, -0.2) is 14.3 Å². The van der Waals surface area contributed by atoms with Gasteiger partial charge in [-0.3, -0.25) is 9.78 Å². The Bertz CT molecular complexity index is 1290. The first-order valence-corrected chi connectivity index (χ1v) is 9.96. The highest BCUT2D eigenvalue weighted by Gasteiger charge is 2.17. The molecule has 2 aromatic carbocycles. The maximum absolute atomic E-state index is 12.8. The molecule has 0 saturated carbocycles. The van der Waals surface area contributed by atoms with Crippen molar-refractivity contribution in [3.05, 3.63) is 91.2 Å². The first-order valence-electron chi connectivity index (χ1n) is 8.22. The van der Waals surface area contributed by atoms with Gasteiger partial charge in [0.15, 0.2) is 0 Å². The van der Waals surface area contributed by atoms with Gasteiger partial charge in [-0.2, -0.15) is 0 Å². The number of halogens is 2. The fourth-order valence-corrected chi connectivity index (χ4v) is 3.82. The number of hydrogen-bond acceptors (Lipinski definition) is 4. The second-order valence-electron chi connectivity index (χ2n) is 5.93. The lowest BCUT2D eigenvalue weighted by atomic mass is 10.2. The number of hydrogen-bond donors (Lipinski definition) is 1. The van der Waals surface area contributed by atoms with Crippen molar-refractivity contribution in [2.75, 3.05) is 0 Å². The standard InChI is InChI=1S/C19H12Cl2N4O2S/c20-12-4-6-14(7-5-12)25-17(26)15-9-22-18(23-16(15)24-19(25)27)28-10-11-2-1-3-13(21)8-11/h1-9H,10H2,(H,22,23,24,27)/p+1. The molecule has 0 unspecified atom stereocenters. The van der Waals surface area contributed by atoms with Crippen molar-refractivity contribution in [2.24, 2.45) is 0 Å². The van der Waals surface area contributed by atoms with Gasteiger partial charge in [0.2, 0.25) is 0 Å². The van der Waals surface area contributed by atoms with E-state index in [1.54, 1.807) is 30.5 Å². The van der Waals surface area contributed by atoms with Crippen molar-refractivity contribution in [3.63, 3.8) is 0 Å². The Morgan fingerprint density at radius 2 is 1.86 bits per heavy atom. The van der Waals surface area contributed by atoms with Crippen LogP contribution in [0.5, 0.6) is 0 Å². The zero-order valence-corrected chi connectivity index (χ0v) is 16.6. The number of nitrogens with one attached hydrogen (secondary N) is 2. The van der Waals surface area contributed by atoms with Crippen LogP contribution in [0.15, 0.2) is 69.5 Å². The first kappa shape index (κ1) is 18.7. The van der Waals surface area contributed by atoms with Crippen LogP contribution in [0.1, 0.15) is 5.56 Å². The van der Waals surface area contributed by atoms with Crippen LogP contribution < -0.4 is 16.2 Å². The molecule has 0 aliphatic carbocycles. The van der Waals surface area contributed by atoms with Crippen molar-refractivity contribution in [1.29, 1.82) is 0 Å². The smallest absolute Gasteiger partial charge is 0.270 e. The van der Waals surface area contributed by atoms with E-state index in [9.17, 15) is 9.59 Å². The van der Waals surface area contributed by atoms with Crippen molar-refractivity contribution >= 4 is 46.0 Å². The Balaban J connectivity index is 1.69. The van der Waals surface area contributed by atoms with Crippen LogP contribution >= 0.6 is 35.0 Å². The van der Waals surface area contributed by atoms with Gasteiger partial charge < -0.3 is 0 Å². The fraction of sp³-hybridized carbons (Fsp3) is 0.0526. The first-order chi connectivity index (χ1) is 13.5. The van der Waals surface area contributed by atoms with Gasteiger partial charge >= 0.3 is 10.8 Å². The Labute approximate surface area is 173 Å². The van der Waals surface area contributed by atoms with E-state index in [1.165, 1.54) is 11.8 Å². The zero-order valence-electron chi connectivity index (χ0n) is 14.3. The molecule has 2 heterocycles. The van der Waals surface area contributed by atoms with E-state index in [4.69, 9.17) is 23.2 Å². The summed E-state index contributed by atoms with van der Waals surface area (Å²) in [5, 5.41) is 2.04. The average Bonchev–Trinajstić information content (AvgIpc) is 2.68. The topological polar surface area (TPSA) is 81.9 Å². The normalized spacial score (nSPS) is 11.1. The molecule has 0 radical (unpaired) electrons. The molecular weight excluding hydrogens is 419 g/mol. The van der Waals surface area contributed by atoms with E-state index >= 15 is 0 Å². The van der Waals surface area contributed by atoms with Crippen LogP contribution in [0, 0.1) is 0 Å². The number of fused-ring (bicyclic) bond motifs is 1. The monoisotopic (exact) mass is 431 g/mol. The molecule has 0 fully saturated rings. The molecule has 4 aromatic rings. The van der Waals surface area contributed by atoms with E-state index in [0.29, 0.717) is 26.6 Å². The summed E-state index contributed by atoms with van der Waals surface area (Å²) in [7, 11) is 0. The van der Waals surface area contributed by atoms with Crippen molar-refractivity contribution in [2.45, 2.75) is 10.9 Å². The highest BCUT2D eigenvalue weighted by Crippen LogP contribution is 2.20. The number of rotatable bonds is 4. The van der Waals surface area contributed by atoms with Crippen LogP contribution in [-0.2, 0) is 5.75 Å². The molecule has 4 rings (SSSR count). The molecule has 0 bridgehead atoms. The van der Waals surface area contributed by atoms with Gasteiger partial charge in [-0.1, -0.05) is 35.3 Å². The van der Waals surface area contributed by atoms with Gasteiger partial charge in [0.25, 0.3) is 11.2 Å². The molecule has 0 amide bonds. The molecule has 140 valence electrons. The van der Waals surface area contributed by atoms with Gasteiger partial charge in [0, 0.05) is 15.8 Å². The third kappa shape index (κ3) is 3.82. The Morgan fingerprint density at radius 3 is 2.61 bits per heavy atom. The summed E-state index contributed by atoms with van der Waals surface area (Å²) >= 11 is 13.3. The highest BCUT2D eigenvalue weighted by atomic mass is 35.5. The van der Waals surface area contributed by atoms with Crippen LogP contribution in [0.4, 0.5) is 0 Å². The number of benzene rings is 2. The largest absolute Gasteiger partial charge is 0.359 e. The Kier molecular flexibility index (Phi) is 5.21. The van der Waals surface area contributed by atoms with E-state index in [1.807, 2.05) is 24.3 Å². The number of H-pyrrole nitrogens is 2. The van der Waals surface area contributed by atoms with Crippen LogP contribution in [0.25, 0.3) is 16.7 Å². The molecule has 6 nitrogen and oxygen atoms in total. The molecule has 2 N–H and O–H groups in total. The minimum atomic E-state index is -0.565. The van der Waals surface area contributed by atoms with E-state index in [0.717, 1.165) is 10.1 Å². The highest BCUT2D eigenvalue weighted by molar-refractivity contribution is 7.98. The van der Waals surface area contributed by atoms with Crippen molar-refractivity contribution in [1.82, 2.24) is 14.5 Å². The lowest BCUT2D eigenvalue weighted by molar-refractivity contribution is -0.431. The number of nitrogens with zero attached hydrogens (tertiary/aromatic N) is 2. The minimum absolute atomic E-state index is 0.229. The van der Waals surface area contributed by atoms with Crippen LogP contribution in [0.2, 0.25) is 10.0 Å². The SMILES string of the molecule is O=c1[nH]c2nc(SCc3cccc(Cl)c3)[nH+]cc2c(=O)n1-c1ccc(Cl)cc1. The fourth-order valence-electron chi connectivity index (χ4n) is 2.70. The molecule has 28 heavy (non-hydrogen) atoms. The molecule has 9 heteroatoms. The third-order valence-corrected chi connectivity index (χ3v) is 5.47. The lowest BCUT2D eigenvalue weighted by Gasteiger charge is -2.04. The molecule has 0 aliphatic heterocycles. The summed E-state index contributed by atoms with van der Waals surface area (Å²) in [6.45, 7) is 0. The molecule has 0 saturated heterocycles. The second-order valence-corrected chi connectivity index (χ2v) is 7.77. The Morgan fingerprint density at radius 1 is 1.07 bits per heavy atom. The molecule has 0 atom stereocenters. The summed E-state index contributed by atoms with van der Waals surface area (Å²) in [6, 6.07) is 14.0. The van der Waals surface area contributed by atoms with Crippen LogP contribution in [0.3, 0.4) is 0 Å². The second kappa shape index (κ2) is 7.79. The lowest BCUT2D eigenvalue weighted by Crippen LogP contribution is -2.34. The maximum atomic E-state index is 12.8. The molecular formula is C19H13Cl2N4O2S+. The molecule has 2 aromatic heterocycles.